The third-order valence-electron chi connectivity index (χ3n) is 2.38. The fraction of sp³-hybridized carbons (Fsp3) is 0.125. The predicted octanol–water partition coefficient (Wildman–Crippen LogP) is 2.70. The Kier molecular flexibility index (Phi) is 6.43. The highest BCUT2D eigenvalue weighted by Gasteiger charge is 1.94. The first-order chi connectivity index (χ1) is 10.4. The largest absolute Gasteiger partial charge is 0.508 e. The van der Waals surface area contributed by atoms with Gasteiger partial charge in [0.05, 0.1) is 0 Å². The van der Waals surface area contributed by atoms with Crippen LogP contribution in [0, 0.1) is 0 Å². The van der Waals surface area contributed by atoms with E-state index in [1.54, 1.807) is 24.3 Å². The van der Waals surface area contributed by atoms with Crippen LogP contribution in [0.5, 0.6) is 11.5 Å². The standard InChI is InChI=1S/2C8H9NO2/c2*1-6(10)9-7-2-4-8(11)5-3-7/h2*2-5,11H,1H3,(H,9,10). The van der Waals surface area contributed by atoms with Crippen LogP contribution in [0.15, 0.2) is 48.5 Å². The van der Waals surface area contributed by atoms with Crippen molar-refractivity contribution in [1.82, 2.24) is 0 Å². The molecule has 0 saturated heterocycles. The summed E-state index contributed by atoms with van der Waals surface area (Å²) in [6.45, 7) is 2.87. The molecule has 0 heterocycles. The van der Waals surface area contributed by atoms with Gasteiger partial charge in [-0.25, -0.2) is 0 Å². The second kappa shape index (κ2) is 8.31. The fourth-order valence-electron chi connectivity index (χ4n) is 1.50. The van der Waals surface area contributed by atoms with Gasteiger partial charge in [0, 0.05) is 25.2 Å². The van der Waals surface area contributed by atoms with Gasteiger partial charge in [0.25, 0.3) is 0 Å². The van der Waals surface area contributed by atoms with Crippen molar-refractivity contribution in [3.63, 3.8) is 0 Å². The number of hydrogen-bond donors (Lipinski definition) is 4. The third-order valence-corrected chi connectivity index (χ3v) is 2.38. The summed E-state index contributed by atoms with van der Waals surface area (Å²) in [7, 11) is 0. The minimum Gasteiger partial charge on any atom is -0.508 e. The lowest BCUT2D eigenvalue weighted by molar-refractivity contribution is -0.115. The average molecular weight is 302 g/mol. The number of carbonyl (C=O) groups is 2. The highest BCUT2D eigenvalue weighted by molar-refractivity contribution is 5.89. The number of hydrogen-bond acceptors (Lipinski definition) is 4. The molecular formula is C16H18N2O4. The maximum atomic E-state index is 10.5. The quantitative estimate of drug-likeness (QED) is 0.641. The van der Waals surface area contributed by atoms with Crippen molar-refractivity contribution in [1.29, 1.82) is 0 Å². The van der Waals surface area contributed by atoms with E-state index in [9.17, 15) is 9.59 Å². The minimum atomic E-state index is -0.115. The van der Waals surface area contributed by atoms with E-state index in [1.807, 2.05) is 0 Å². The zero-order valence-corrected chi connectivity index (χ0v) is 12.3. The lowest BCUT2D eigenvalue weighted by Crippen LogP contribution is -2.04. The molecule has 0 radical (unpaired) electrons. The summed E-state index contributed by atoms with van der Waals surface area (Å²) in [5, 5.41) is 22.9. The monoisotopic (exact) mass is 302 g/mol. The molecule has 6 nitrogen and oxygen atoms in total. The molecule has 0 aliphatic rings. The number of phenols is 2. The molecule has 4 N–H and O–H groups in total. The zero-order chi connectivity index (χ0) is 16.5. The Labute approximate surface area is 128 Å². The van der Waals surface area contributed by atoms with Crippen LogP contribution in [-0.2, 0) is 9.59 Å². The molecule has 116 valence electrons. The van der Waals surface area contributed by atoms with Gasteiger partial charge in [0.2, 0.25) is 11.8 Å². The number of rotatable bonds is 2. The molecule has 0 bridgehead atoms. The maximum Gasteiger partial charge on any atom is 0.221 e. The molecular weight excluding hydrogens is 284 g/mol. The minimum absolute atomic E-state index is 0.115. The molecule has 0 spiro atoms. The molecule has 0 fully saturated rings. The molecule has 0 unspecified atom stereocenters. The summed E-state index contributed by atoms with van der Waals surface area (Å²) in [4.78, 5) is 21.0. The van der Waals surface area contributed by atoms with Gasteiger partial charge in [-0.2, -0.15) is 0 Å². The Morgan fingerprint density at radius 2 is 0.955 bits per heavy atom. The zero-order valence-electron chi connectivity index (χ0n) is 12.3. The molecule has 2 aromatic rings. The van der Waals surface area contributed by atoms with Crippen molar-refractivity contribution in [3.8, 4) is 11.5 Å². The summed E-state index contributed by atoms with van der Waals surface area (Å²) in [5.74, 6) is 0.157. The Bertz CT molecular complexity index is 564. The van der Waals surface area contributed by atoms with E-state index >= 15 is 0 Å². The van der Waals surface area contributed by atoms with E-state index < -0.39 is 0 Å². The van der Waals surface area contributed by atoms with Crippen molar-refractivity contribution in [3.05, 3.63) is 48.5 Å². The van der Waals surface area contributed by atoms with Gasteiger partial charge >= 0.3 is 0 Å². The Morgan fingerprint density at radius 1 is 0.682 bits per heavy atom. The Morgan fingerprint density at radius 3 is 1.18 bits per heavy atom. The normalized spacial score (nSPS) is 9.18. The van der Waals surface area contributed by atoms with E-state index in [4.69, 9.17) is 10.2 Å². The Hall–Kier alpha value is -3.02. The number of carbonyl (C=O) groups excluding carboxylic acids is 2. The topological polar surface area (TPSA) is 98.7 Å². The van der Waals surface area contributed by atoms with Crippen LogP contribution in [0.25, 0.3) is 0 Å². The SMILES string of the molecule is CC(=O)Nc1ccc(O)cc1.CC(=O)Nc1ccc(O)cc1. The summed E-state index contributed by atoms with van der Waals surface area (Å²) in [6.07, 6.45) is 0. The maximum absolute atomic E-state index is 10.5. The summed E-state index contributed by atoms with van der Waals surface area (Å²) in [6, 6.07) is 12.6. The molecule has 0 atom stereocenters. The summed E-state index contributed by atoms with van der Waals surface area (Å²) >= 11 is 0. The van der Waals surface area contributed by atoms with Gasteiger partial charge in [-0.15, -0.1) is 0 Å². The second-order valence-electron chi connectivity index (χ2n) is 4.46. The van der Waals surface area contributed by atoms with Crippen molar-refractivity contribution >= 4 is 23.2 Å². The van der Waals surface area contributed by atoms with Crippen molar-refractivity contribution in [2.24, 2.45) is 0 Å². The number of aromatic hydroxyl groups is 2. The molecule has 0 saturated carbocycles. The predicted molar refractivity (Wildman–Crippen MR) is 84.8 cm³/mol. The summed E-state index contributed by atoms with van der Waals surface area (Å²) in [5.41, 5.74) is 1.38. The number of amides is 2. The summed E-state index contributed by atoms with van der Waals surface area (Å²) < 4.78 is 0. The number of anilines is 2. The number of phenolic OH excluding ortho intramolecular Hbond substituents is 2. The molecule has 0 aromatic heterocycles. The van der Waals surface area contributed by atoms with Crippen molar-refractivity contribution < 1.29 is 19.8 Å². The van der Waals surface area contributed by atoms with E-state index in [0.717, 1.165) is 0 Å². The van der Waals surface area contributed by atoms with Gasteiger partial charge in [-0.05, 0) is 48.5 Å². The lowest BCUT2D eigenvalue weighted by Gasteiger charge is -1.99. The molecule has 2 amide bonds. The van der Waals surface area contributed by atoms with Crippen LogP contribution in [0.4, 0.5) is 11.4 Å². The Balaban J connectivity index is 0.000000220. The molecule has 0 aliphatic carbocycles. The molecule has 6 heteroatoms. The van der Waals surface area contributed by atoms with E-state index in [1.165, 1.54) is 38.1 Å². The van der Waals surface area contributed by atoms with Crippen LogP contribution >= 0.6 is 0 Å². The van der Waals surface area contributed by atoms with Gasteiger partial charge in [-0.1, -0.05) is 0 Å². The van der Waals surface area contributed by atoms with E-state index in [-0.39, 0.29) is 23.3 Å². The second-order valence-corrected chi connectivity index (χ2v) is 4.46. The highest BCUT2D eigenvalue weighted by Crippen LogP contribution is 2.13. The van der Waals surface area contributed by atoms with Gasteiger partial charge < -0.3 is 20.8 Å². The van der Waals surface area contributed by atoms with E-state index in [0.29, 0.717) is 11.4 Å². The van der Waals surface area contributed by atoms with Crippen LogP contribution < -0.4 is 10.6 Å². The number of nitrogens with one attached hydrogen (secondary N) is 2. The van der Waals surface area contributed by atoms with Gasteiger partial charge in [0.15, 0.2) is 0 Å². The van der Waals surface area contributed by atoms with Crippen LogP contribution in [0.2, 0.25) is 0 Å². The van der Waals surface area contributed by atoms with Gasteiger partial charge in [-0.3, -0.25) is 9.59 Å². The van der Waals surface area contributed by atoms with Crippen LogP contribution in [0.1, 0.15) is 13.8 Å². The first kappa shape index (κ1) is 17.0. The highest BCUT2D eigenvalue weighted by atomic mass is 16.3. The molecule has 22 heavy (non-hydrogen) atoms. The van der Waals surface area contributed by atoms with Gasteiger partial charge in [0.1, 0.15) is 11.5 Å². The average Bonchev–Trinajstić information content (AvgIpc) is 2.44. The fourth-order valence-corrected chi connectivity index (χ4v) is 1.50. The smallest absolute Gasteiger partial charge is 0.221 e. The van der Waals surface area contributed by atoms with E-state index in [2.05, 4.69) is 10.6 Å². The van der Waals surface area contributed by atoms with Crippen LogP contribution in [-0.4, -0.2) is 22.0 Å². The number of benzene rings is 2. The van der Waals surface area contributed by atoms with Crippen LogP contribution in [0.3, 0.4) is 0 Å². The first-order valence-corrected chi connectivity index (χ1v) is 6.50. The molecule has 2 aromatic carbocycles. The molecule has 2 rings (SSSR count). The molecule has 0 aliphatic heterocycles. The first-order valence-electron chi connectivity index (χ1n) is 6.50. The van der Waals surface area contributed by atoms with Crippen molar-refractivity contribution in [2.45, 2.75) is 13.8 Å². The third kappa shape index (κ3) is 6.95. The van der Waals surface area contributed by atoms with Crippen molar-refractivity contribution in [2.75, 3.05) is 10.6 Å². The lowest BCUT2D eigenvalue weighted by atomic mass is 10.3.